The standard InChI is InChI=1S/C15H21N3O/c1-11(2)10-18(8-4-7-16)13-5-6-14(12(3)19)15(17)9-13/h5-6,9,11H,4,8,10,17H2,1-3H3. The van der Waals surface area contributed by atoms with Gasteiger partial charge in [0, 0.05) is 30.0 Å². The van der Waals surface area contributed by atoms with Gasteiger partial charge in [0.25, 0.3) is 0 Å². The van der Waals surface area contributed by atoms with Crippen molar-refractivity contribution in [1.29, 1.82) is 5.26 Å². The van der Waals surface area contributed by atoms with Gasteiger partial charge in [0.2, 0.25) is 0 Å². The quantitative estimate of drug-likeness (QED) is 0.630. The molecule has 0 heterocycles. The SMILES string of the molecule is CC(=O)c1ccc(N(CCC#N)CC(C)C)cc1N. The Morgan fingerprint density at radius 1 is 1.47 bits per heavy atom. The summed E-state index contributed by atoms with van der Waals surface area (Å²) >= 11 is 0. The maximum Gasteiger partial charge on any atom is 0.161 e. The molecule has 1 rings (SSSR count). The Bertz CT molecular complexity index is 489. The van der Waals surface area contributed by atoms with E-state index in [4.69, 9.17) is 11.0 Å². The molecule has 1 aromatic carbocycles. The second-order valence-electron chi connectivity index (χ2n) is 5.08. The number of nitriles is 1. The highest BCUT2D eigenvalue weighted by Gasteiger charge is 2.11. The number of rotatable bonds is 6. The average molecular weight is 259 g/mol. The minimum absolute atomic E-state index is 0.0310. The number of benzene rings is 1. The molecule has 19 heavy (non-hydrogen) atoms. The van der Waals surface area contributed by atoms with Crippen LogP contribution in [0.2, 0.25) is 0 Å². The molecule has 4 heteroatoms. The van der Waals surface area contributed by atoms with Crippen LogP contribution in [0.1, 0.15) is 37.6 Å². The number of hydrogen-bond donors (Lipinski definition) is 1. The van der Waals surface area contributed by atoms with E-state index in [-0.39, 0.29) is 5.78 Å². The van der Waals surface area contributed by atoms with Crippen molar-refractivity contribution in [2.45, 2.75) is 27.2 Å². The lowest BCUT2D eigenvalue weighted by molar-refractivity contribution is 0.101. The Balaban J connectivity index is 2.99. The summed E-state index contributed by atoms with van der Waals surface area (Å²) in [7, 11) is 0. The monoisotopic (exact) mass is 259 g/mol. The number of nitrogens with two attached hydrogens (primary N) is 1. The number of ketones is 1. The molecule has 0 fully saturated rings. The fourth-order valence-corrected chi connectivity index (χ4v) is 2.02. The number of carbonyl (C=O) groups excluding carboxylic acids is 1. The second kappa shape index (κ2) is 6.79. The Morgan fingerprint density at radius 3 is 2.63 bits per heavy atom. The summed E-state index contributed by atoms with van der Waals surface area (Å²) in [5, 5.41) is 8.72. The van der Waals surface area contributed by atoms with Crippen molar-refractivity contribution in [2.24, 2.45) is 5.92 Å². The molecule has 0 bridgehead atoms. The Morgan fingerprint density at radius 2 is 2.16 bits per heavy atom. The van der Waals surface area contributed by atoms with Gasteiger partial charge in [-0.2, -0.15) is 5.26 Å². The lowest BCUT2D eigenvalue weighted by Crippen LogP contribution is -2.28. The summed E-state index contributed by atoms with van der Waals surface area (Å²) < 4.78 is 0. The van der Waals surface area contributed by atoms with Crippen LogP contribution in [0.4, 0.5) is 11.4 Å². The number of nitrogens with zero attached hydrogens (tertiary/aromatic N) is 2. The van der Waals surface area contributed by atoms with E-state index in [0.717, 1.165) is 12.2 Å². The van der Waals surface area contributed by atoms with Gasteiger partial charge in [-0.15, -0.1) is 0 Å². The maximum absolute atomic E-state index is 11.4. The molecule has 0 unspecified atom stereocenters. The van der Waals surface area contributed by atoms with Gasteiger partial charge in [0.1, 0.15) is 0 Å². The smallest absolute Gasteiger partial charge is 0.161 e. The maximum atomic E-state index is 11.4. The highest BCUT2D eigenvalue weighted by molar-refractivity contribution is 5.99. The number of anilines is 2. The molecule has 0 spiro atoms. The van der Waals surface area contributed by atoms with Crippen molar-refractivity contribution >= 4 is 17.2 Å². The van der Waals surface area contributed by atoms with Gasteiger partial charge in [0.15, 0.2) is 5.78 Å². The molecule has 0 amide bonds. The van der Waals surface area contributed by atoms with E-state index < -0.39 is 0 Å². The molecular formula is C15H21N3O. The highest BCUT2D eigenvalue weighted by atomic mass is 16.1. The van der Waals surface area contributed by atoms with Crippen LogP contribution in [0.15, 0.2) is 18.2 Å². The number of carbonyl (C=O) groups is 1. The van der Waals surface area contributed by atoms with Crippen LogP contribution in [0.5, 0.6) is 0 Å². The first-order valence-electron chi connectivity index (χ1n) is 6.48. The van der Waals surface area contributed by atoms with Crippen molar-refractivity contribution < 1.29 is 4.79 Å². The van der Waals surface area contributed by atoms with Crippen LogP contribution < -0.4 is 10.6 Å². The third-order valence-electron chi connectivity index (χ3n) is 2.86. The summed E-state index contributed by atoms with van der Waals surface area (Å²) in [5.74, 6) is 0.462. The van der Waals surface area contributed by atoms with Gasteiger partial charge >= 0.3 is 0 Å². The summed E-state index contributed by atoms with van der Waals surface area (Å²) in [6, 6.07) is 7.63. The molecule has 0 aliphatic rings. The highest BCUT2D eigenvalue weighted by Crippen LogP contribution is 2.23. The van der Waals surface area contributed by atoms with Gasteiger partial charge in [-0.3, -0.25) is 4.79 Å². The fourth-order valence-electron chi connectivity index (χ4n) is 2.02. The first-order valence-corrected chi connectivity index (χ1v) is 6.48. The van der Waals surface area contributed by atoms with Gasteiger partial charge < -0.3 is 10.6 Å². The topological polar surface area (TPSA) is 70.1 Å². The van der Waals surface area contributed by atoms with E-state index in [1.807, 2.05) is 12.1 Å². The zero-order valence-corrected chi connectivity index (χ0v) is 11.8. The lowest BCUT2D eigenvalue weighted by Gasteiger charge is -2.26. The summed E-state index contributed by atoms with van der Waals surface area (Å²) in [6.45, 7) is 7.31. The van der Waals surface area contributed by atoms with Crippen LogP contribution >= 0.6 is 0 Å². The van der Waals surface area contributed by atoms with E-state index in [2.05, 4.69) is 24.8 Å². The van der Waals surface area contributed by atoms with Crippen molar-refractivity contribution in [3.05, 3.63) is 23.8 Å². The zero-order chi connectivity index (χ0) is 14.4. The number of nitrogen functional groups attached to an aromatic ring is 1. The van der Waals surface area contributed by atoms with E-state index in [0.29, 0.717) is 30.1 Å². The Labute approximate surface area is 114 Å². The first-order chi connectivity index (χ1) is 8.95. The second-order valence-corrected chi connectivity index (χ2v) is 5.08. The third-order valence-corrected chi connectivity index (χ3v) is 2.86. The molecule has 102 valence electrons. The molecule has 4 nitrogen and oxygen atoms in total. The molecule has 0 saturated carbocycles. The molecule has 1 aromatic rings. The van der Waals surface area contributed by atoms with Crippen LogP contribution in [-0.2, 0) is 0 Å². The van der Waals surface area contributed by atoms with Crippen LogP contribution in [0.3, 0.4) is 0 Å². The van der Waals surface area contributed by atoms with Gasteiger partial charge in [-0.05, 0) is 31.0 Å². The van der Waals surface area contributed by atoms with Crippen molar-refractivity contribution in [1.82, 2.24) is 0 Å². The Kier molecular flexibility index (Phi) is 5.37. The predicted molar refractivity (Wildman–Crippen MR) is 78.1 cm³/mol. The summed E-state index contributed by atoms with van der Waals surface area (Å²) in [6.07, 6.45) is 0.473. The molecule has 2 N–H and O–H groups in total. The summed E-state index contributed by atoms with van der Waals surface area (Å²) in [5.41, 5.74) is 7.92. The molecule has 0 radical (unpaired) electrons. The van der Waals surface area contributed by atoms with Crippen LogP contribution in [0, 0.1) is 17.2 Å². The zero-order valence-electron chi connectivity index (χ0n) is 11.8. The fraction of sp³-hybridized carbons (Fsp3) is 0.467. The third kappa shape index (κ3) is 4.29. The molecule has 0 saturated heterocycles. The van der Waals surface area contributed by atoms with E-state index in [1.165, 1.54) is 6.92 Å². The Hall–Kier alpha value is -2.02. The van der Waals surface area contributed by atoms with E-state index in [1.54, 1.807) is 6.07 Å². The largest absolute Gasteiger partial charge is 0.398 e. The summed E-state index contributed by atoms with van der Waals surface area (Å²) in [4.78, 5) is 13.5. The molecule has 0 aliphatic heterocycles. The van der Waals surface area contributed by atoms with Gasteiger partial charge in [0.05, 0.1) is 12.5 Å². The van der Waals surface area contributed by atoms with Crippen molar-refractivity contribution in [3.63, 3.8) is 0 Å². The van der Waals surface area contributed by atoms with Crippen molar-refractivity contribution in [3.8, 4) is 6.07 Å². The van der Waals surface area contributed by atoms with E-state index in [9.17, 15) is 4.79 Å². The minimum atomic E-state index is -0.0310. The number of Topliss-reactive ketones (excluding diaryl/α,β-unsaturated/α-hetero) is 1. The van der Waals surface area contributed by atoms with Crippen molar-refractivity contribution in [2.75, 3.05) is 23.7 Å². The minimum Gasteiger partial charge on any atom is -0.398 e. The average Bonchev–Trinajstić information content (AvgIpc) is 2.33. The first kappa shape index (κ1) is 15.0. The molecule has 0 aliphatic carbocycles. The van der Waals surface area contributed by atoms with Crippen LogP contribution in [0.25, 0.3) is 0 Å². The molecule has 0 atom stereocenters. The lowest BCUT2D eigenvalue weighted by atomic mass is 10.1. The van der Waals surface area contributed by atoms with Gasteiger partial charge in [-0.25, -0.2) is 0 Å². The normalized spacial score (nSPS) is 10.3. The molecule has 0 aromatic heterocycles. The number of hydrogen-bond acceptors (Lipinski definition) is 4. The van der Waals surface area contributed by atoms with E-state index >= 15 is 0 Å². The van der Waals surface area contributed by atoms with Gasteiger partial charge in [-0.1, -0.05) is 13.8 Å². The predicted octanol–water partition coefficient (Wildman–Crippen LogP) is 2.85. The molecular weight excluding hydrogens is 238 g/mol. The van der Waals surface area contributed by atoms with Crippen LogP contribution in [-0.4, -0.2) is 18.9 Å².